The molecule has 27 heavy (non-hydrogen) atoms. The van der Waals surface area contributed by atoms with Crippen LogP contribution in [-0.2, 0) is 0 Å². The minimum absolute atomic E-state index is 0.0740. The number of carbonyl (C=O) groups is 2. The third-order valence-electron chi connectivity index (χ3n) is 5.29. The summed E-state index contributed by atoms with van der Waals surface area (Å²) >= 11 is 0. The SMILES string of the molecule is Cc1cccc(C(=O)Nc2ccccc2C(=O)N2CCC(N)C(C)(C)C2)c1. The van der Waals surface area contributed by atoms with Crippen LogP contribution >= 0.6 is 0 Å². The van der Waals surface area contributed by atoms with E-state index >= 15 is 0 Å². The molecule has 0 spiro atoms. The Hall–Kier alpha value is -2.66. The smallest absolute Gasteiger partial charge is 0.255 e. The molecule has 0 bridgehead atoms. The number of amides is 2. The highest BCUT2D eigenvalue weighted by Gasteiger charge is 2.36. The number of nitrogens with two attached hydrogens (primary N) is 1. The van der Waals surface area contributed by atoms with E-state index in [1.807, 2.05) is 42.2 Å². The van der Waals surface area contributed by atoms with E-state index in [1.165, 1.54) is 0 Å². The van der Waals surface area contributed by atoms with Gasteiger partial charge in [0.1, 0.15) is 0 Å². The molecule has 0 aromatic heterocycles. The standard InChI is InChI=1S/C22H27N3O2/c1-15-7-6-8-16(13-15)20(26)24-18-10-5-4-9-17(18)21(27)25-12-11-19(23)22(2,3)14-25/h4-10,13,19H,11-12,14,23H2,1-3H3,(H,24,26). The van der Waals surface area contributed by atoms with E-state index in [0.29, 0.717) is 29.9 Å². The van der Waals surface area contributed by atoms with E-state index in [2.05, 4.69) is 19.2 Å². The van der Waals surface area contributed by atoms with Crippen LogP contribution in [-0.4, -0.2) is 35.8 Å². The zero-order valence-corrected chi connectivity index (χ0v) is 16.2. The lowest BCUT2D eigenvalue weighted by molar-refractivity contribution is 0.0534. The number of nitrogens with one attached hydrogen (secondary N) is 1. The molecule has 3 rings (SSSR count). The van der Waals surface area contributed by atoms with Crippen LogP contribution in [0.1, 0.15) is 46.5 Å². The predicted octanol–water partition coefficient (Wildman–Crippen LogP) is 3.45. The first kappa shape index (κ1) is 19.1. The summed E-state index contributed by atoms with van der Waals surface area (Å²) in [5.74, 6) is -0.296. The summed E-state index contributed by atoms with van der Waals surface area (Å²) in [7, 11) is 0. The zero-order chi connectivity index (χ0) is 19.6. The summed E-state index contributed by atoms with van der Waals surface area (Å²) in [6.07, 6.45) is 0.774. The molecule has 2 aromatic rings. The number of rotatable bonds is 3. The van der Waals surface area contributed by atoms with E-state index in [-0.39, 0.29) is 23.3 Å². The van der Waals surface area contributed by atoms with Gasteiger partial charge >= 0.3 is 0 Å². The Morgan fingerprint density at radius 3 is 2.59 bits per heavy atom. The molecule has 5 nitrogen and oxygen atoms in total. The second kappa shape index (κ2) is 7.53. The zero-order valence-electron chi connectivity index (χ0n) is 16.2. The lowest BCUT2D eigenvalue weighted by atomic mass is 9.79. The molecular weight excluding hydrogens is 338 g/mol. The fourth-order valence-corrected chi connectivity index (χ4v) is 3.48. The van der Waals surface area contributed by atoms with Crippen molar-refractivity contribution in [2.75, 3.05) is 18.4 Å². The van der Waals surface area contributed by atoms with Crippen molar-refractivity contribution in [3.05, 3.63) is 65.2 Å². The average Bonchev–Trinajstić information content (AvgIpc) is 2.64. The highest BCUT2D eigenvalue weighted by molar-refractivity contribution is 6.09. The summed E-state index contributed by atoms with van der Waals surface area (Å²) in [6.45, 7) is 7.35. The first-order chi connectivity index (χ1) is 12.8. The van der Waals surface area contributed by atoms with Crippen LogP contribution < -0.4 is 11.1 Å². The lowest BCUT2D eigenvalue weighted by Crippen LogP contribution is -2.54. The number of carbonyl (C=O) groups excluding carboxylic acids is 2. The van der Waals surface area contributed by atoms with Crippen LogP contribution in [0.3, 0.4) is 0 Å². The minimum atomic E-state index is -0.222. The van der Waals surface area contributed by atoms with Gasteiger partial charge in [0.25, 0.3) is 11.8 Å². The van der Waals surface area contributed by atoms with Gasteiger partial charge in [-0.15, -0.1) is 0 Å². The predicted molar refractivity (Wildman–Crippen MR) is 108 cm³/mol. The Morgan fingerprint density at radius 2 is 1.89 bits per heavy atom. The Bertz CT molecular complexity index is 860. The van der Waals surface area contributed by atoms with Crippen molar-refractivity contribution < 1.29 is 9.59 Å². The molecule has 142 valence electrons. The largest absolute Gasteiger partial charge is 0.338 e. The molecule has 0 aliphatic carbocycles. The third kappa shape index (κ3) is 4.19. The Balaban J connectivity index is 1.82. The maximum Gasteiger partial charge on any atom is 0.255 e. The van der Waals surface area contributed by atoms with Crippen LogP contribution in [0.2, 0.25) is 0 Å². The van der Waals surface area contributed by atoms with Gasteiger partial charge in [0.15, 0.2) is 0 Å². The second-order valence-electron chi connectivity index (χ2n) is 7.98. The van der Waals surface area contributed by atoms with E-state index in [0.717, 1.165) is 12.0 Å². The van der Waals surface area contributed by atoms with Gasteiger partial charge in [-0.25, -0.2) is 0 Å². The molecule has 3 N–H and O–H groups in total. The molecule has 1 fully saturated rings. The van der Waals surface area contributed by atoms with Crippen molar-refractivity contribution in [3.63, 3.8) is 0 Å². The molecule has 2 aromatic carbocycles. The van der Waals surface area contributed by atoms with E-state index in [4.69, 9.17) is 5.73 Å². The van der Waals surface area contributed by atoms with Crippen LogP contribution in [0.15, 0.2) is 48.5 Å². The fourth-order valence-electron chi connectivity index (χ4n) is 3.48. The summed E-state index contributed by atoms with van der Waals surface area (Å²) in [4.78, 5) is 27.6. The van der Waals surface area contributed by atoms with E-state index in [1.54, 1.807) is 18.2 Å². The Kier molecular flexibility index (Phi) is 5.33. The van der Waals surface area contributed by atoms with Gasteiger partial charge in [-0.1, -0.05) is 43.7 Å². The summed E-state index contributed by atoms with van der Waals surface area (Å²) in [5.41, 5.74) is 8.68. The molecule has 1 atom stereocenters. The number of para-hydroxylation sites is 1. The second-order valence-corrected chi connectivity index (χ2v) is 7.98. The normalized spacial score (nSPS) is 18.8. The fraction of sp³-hybridized carbons (Fsp3) is 0.364. The number of anilines is 1. The number of nitrogens with zero attached hydrogens (tertiary/aromatic N) is 1. The molecule has 1 saturated heterocycles. The van der Waals surface area contributed by atoms with Crippen molar-refractivity contribution in [1.82, 2.24) is 4.90 Å². The molecular formula is C22H27N3O2. The van der Waals surface area contributed by atoms with Crippen LogP contribution in [0.5, 0.6) is 0 Å². The van der Waals surface area contributed by atoms with Crippen LogP contribution in [0, 0.1) is 12.3 Å². The summed E-state index contributed by atoms with van der Waals surface area (Å²) < 4.78 is 0. The van der Waals surface area contributed by atoms with Crippen molar-refractivity contribution in [1.29, 1.82) is 0 Å². The van der Waals surface area contributed by atoms with Gasteiger partial charge in [-0.2, -0.15) is 0 Å². The van der Waals surface area contributed by atoms with E-state index < -0.39 is 0 Å². The van der Waals surface area contributed by atoms with Crippen molar-refractivity contribution >= 4 is 17.5 Å². The van der Waals surface area contributed by atoms with Crippen molar-refractivity contribution in [3.8, 4) is 0 Å². The van der Waals surface area contributed by atoms with Gasteiger partial charge < -0.3 is 16.0 Å². The van der Waals surface area contributed by atoms with Gasteiger partial charge in [0.2, 0.25) is 0 Å². The maximum atomic E-state index is 13.1. The third-order valence-corrected chi connectivity index (χ3v) is 5.29. The van der Waals surface area contributed by atoms with E-state index in [9.17, 15) is 9.59 Å². The number of likely N-dealkylation sites (tertiary alicyclic amines) is 1. The number of hydrogen-bond acceptors (Lipinski definition) is 3. The van der Waals surface area contributed by atoms with Crippen LogP contribution in [0.4, 0.5) is 5.69 Å². The van der Waals surface area contributed by atoms with Gasteiger partial charge in [0.05, 0.1) is 11.3 Å². The highest BCUT2D eigenvalue weighted by atomic mass is 16.2. The molecule has 5 heteroatoms. The summed E-state index contributed by atoms with van der Waals surface area (Å²) in [6, 6.07) is 14.6. The number of benzene rings is 2. The molecule has 1 aliphatic rings. The first-order valence-electron chi connectivity index (χ1n) is 9.30. The molecule has 0 radical (unpaired) electrons. The highest BCUT2D eigenvalue weighted by Crippen LogP contribution is 2.29. The molecule has 2 amide bonds. The lowest BCUT2D eigenvalue weighted by Gasteiger charge is -2.42. The van der Waals surface area contributed by atoms with Crippen LogP contribution in [0.25, 0.3) is 0 Å². The van der Waals surface area contributed by atoms with Crippen molar-refractivity contribution in [2.45, 2.75) is 33.2 Å². The minimum Gasteiger partial charge on any atom is -0.338 e. The monoisotopic (exact) mass is 365 g/mol. The Morgan fingerprint density at radius 1 is 1.15 bits per heavy atom. The van der Waals surface area contributed by atoms with Gasteiger partial charge in [-0.3, -0.25) is 9.59 Å². The Labute approximate surface area is 160 Å². The average molecular weight is 365 g/mol. The van der Waals surface area contributed by atoms with Crippen molar-refractivity contribution in [2.24, 2.45) is 11.1 Å². The number of piperidine rings is 1. The number of hydrogen-bond donors (Lipinski definition) is 2. The topological polar surface area (TPSA) is 75.4 Å². The molecule has 1 aliphatic heterocycles. The molecule has 0 saturated carbocycles. The number of aryl methyl sites for hydroxylation is 1. The quantitative estimate of drug-likeness (QED) is 0.875. The summed E-state index contributed by atoms with van der Waals surface area (Å²) in [5, 5.41) is 2.89. The first-order valence-corrected chi connectivity index (χ1v) is 9.30. The molecule has 1 heterocycles. The van der Waals surface area contributed by atoms with Gasteiger partial charge in [-0.05, 0) is 43.0 Å². The molecule has 1 unspecified atom stereocenters. The maximum absolute atomic E-state index is 13.1. The van der Waals surface area contributed by atoms with Gasteiger partial charge in [0, 0.05) is 24.7 Å².